The minimum Gasteiger partial charge on any atom is -0.398 e. The maximum absolute atomic E-state index is 12.1. The van der Waals surface area contributed by atoms with Crippen LogP contribution in [0.25, 0.3) is 0 Å². The van der Waals surface area contributed by atoms with Crippen molar-refractivity contribution < 1.29 is 13.2 Å². The van der Waals surface area contributed by atoms with Gasteiger partial charge < -0.3 is 11.1 Å². The van der Waals surface area contributed by atoms with Crippen molar-refractivity contribution in [3.05, 3.63) is 23.8 Å². The summed E-state index contributed by atoms with van der Waals surface area (Å²) >= 11 is 0. The predicted molar refractivity (Wildman–Crippen MR) is 78.7 cm³/mol. The number of nitrogens with two attached hydrogens (primary N) is 1. The van der Waals surface area contributed by atoms with Crippen molar-refractivity contribution in [3.63, 3.8) is 0 Å². The van der Waals surface area contributed by atoms with Crippen molar-refractivity contribution >= 4 is 21.6 Å². The summed E-state index contributed by atoms with van der Waals surface area (Å²) in [7, 11) is -3.79. The maximum Gasteiger partial charge on any atom is 0.243 e. The number of benzene rings is 1. The fourth-order valence-corrected chi connectivity index (χ4v) is 2.71. The number of carbonyl (C=O) groups is 1. The Morgan fingerprint density at radius 3 is 2.40 bits per heavy atom. The molecule has 0 atom stereocenters. The molecule has 0 aliphatic heterocycles. The van der Waals surface area contributed by atoms with Crippen molar-refractivity contribution in [3.8, 4) is 0 Å². The van der Waals surface area contributed by atoms with Crippen LogP contribution in [0.15, 0.2) is 23.1 Å². The molecule has 0 fully saturated rings. The second kappa shape index (κ2) is 5.80. The summed E-state index contributed by atoms with van der Waals surface area (Å²) in [5.74, 6) is -0.397. The van der Waals surface area contributed by atoms with Gasteiger partial charge in [0.05, 0.1) is 12.2 Å². The standard InChI is InChI=1S/C13H21N3O3S/c1-9-5-6-11(10(14)7-9)20(18,19)15-8-12(17)16-13(2,3)4/h5-7,15H,8,14H2,1-4H3,(H,16,17). The Morgan fingerprint density at radius 2 is 1.90 bits per heavy atom. The summed E-state index contributed by atoms with van der Waals surface area (Å²) in [6.07, 6.45) is 0. The van der Waals surface area contributed by atoms with E-state index in [2.05, 4.69) is 10.0 Å². The van der Waals surface area contributed by atoms with Gasteiger partial charge >= 0.3 is 0 Å². The van der Waals surface area contributed by atoms with Crippen LogP contribution in [0.4, 0.5) is 5.69 Å². The number of nitrogens with one attached hydrogen (secondary N) is 2. The number of rotatable bonds is 4. The van der Waals surface area contributed by atoms with Gasteiger partial charge in [0.15, 0.2) is 0 Å². The van der Waals surface area contributed by atoms with Crippen LogP contribution in [0.1, 0.15) is 26.3 Å². The first-order valence-electron chi connectivity index (χ1n) is 6.18. The molecule has 4 N–H and O–H groups in total. The summed E-state index contributed by atoms with van der Waals surface area (Å²) < 4.78 is 26.4. The molecule has 7 heteroatoms. The third kappa shape index (κ3) is 4.82. The van der Waals surface area contributed by atoms with Crippen LogP contribution in [0.5, 0.6) is 0 Å². The number of aryl methyl sites for hydroxylation is 1. The van der Waals surface area contributed by atoms with E-state index < -0.39 is 21.5 Å². The first-order chi connectivity index (χ1) is 9.01. The fraction of sp³-hybridized carbons (Fsp3) is 0.462. The SMILES string of the molecule is Cc1ccc(S(=O)(=O)NCC(=O)NC(C)(C)C)c(N)c1. The Bertz CT molecular complexity index is 604. The predicted octanol–water partition coefficient (Wildman–Crippen LogP) is 0.770. The molecule has 1 aromatic rings. The minimum atomic E-state index is -3.79. The highest BCUT2D eigenvalue weighted by Gasteiger charge is 2.20. The first kappa shape index (κ1) is 16.5. The molecule has 0 saturated heterocycles. The number of hydrogen-bond acceptors (Lipinski definition) is 4. The molecule has 0 spiro atoms. The third-order valence-corrected chi connectivity index (χ3v) is 3.87. The van der Waals surface area contributed by atoms with Crippen molar-refractivity contribution in [2.24, 2.45) is 0 Å². The van der Waals surface area contributed by atoms with Crippen LogP contribution < -0.4 is 15.8 Å². The second-order valence-electron chi connectivity index (χ2n) is 5.66. The quantitative estimate of drug-likeness (QED) is 0.715. The van der Waals surface area contributed by atoms with E-state index in [-0.39, 0.29) is 17.1 Å². The average Bonchev–Trinajstić information content (AvgIpc) is 2.23. The van der Waals surface area contributed by atoms with E-state index in [1.807, 2.05) is 27.7 Å². The molecule has 1 amide bonds. The Morgan fingerprint density at radius 1 is 1.30 bits per heavy atom. The van der Waals surface area contributed by atoms with E-state index in [1.54, 1.807) is 12.1 Å². The van der Waals surface area contributed by atoms with Gasteiger partial charge in [-0.1, -0.05) is 6.07 Å². The van der Waals surface area contributed by atoms with Crippen molar-refractivity contribution in [1.29, 1.82) is 0 Å². The molecule has 0 aromatic heterocycles. The summed E-state index contributed by atoms with van der Waals surface area (Å²) in [5.41, 5.74) is 6.31. The molecule has 1 aromatic carbocycles. The van der Waals surface area contributed by atoms with Gasteiger partial charge in [0.2, 0.25) is 15.9 Å². The van der Waals surface area contributed by atoms with E-state index >= 15 is 0 Å². The number of hydrogen-bond donors (Lipinski definition) is 3. The summed E-state index contributed by atoms with van der Waals surface area (Å²) in [6, 6.07) is 4.65. The summed E-state index contributed by atoms with van der Waals surface area (Å²) in [4.78, 5) is 11.6. The smallest absolute Gasteiger partial charge is 0.243 e. The highest BCUT2D eigenvalue weighted by Crippen LogP contribution is 2.18. The number of amides is 1. The Kier molecular flexibility index (Phi) is 4.77. The van der Waals surface area contributed by atoms with E-state index in [0.717, 1.165) is 5.56 Å². The van der Waals surface area contributed by atoms with Gasteiger partial charge in [0.1, 0.15) is 4.90 Å². The molecule has 0 aliphatic rings. The zero-order valence-electron chi connectivity index (χ0n) is 12.1. The molecule has 1 rings (SSSR count). The second-order valence-corrected chi connectivity index (χ2v) is 7.40. The third-order valence-electron chi connectivity index (χ3n) is 2.39. The normalized spacial score (nSPS) is 12.2. The van der Waals surface area contributed by atoms with E-state index in [4.69, 9.17) is 5.73 Å². The zero-order chi connectivity index (χ0) is 15.6. The molecule has 112 valence electrons. The highest BCUT2D eigenvalue weighted by atomic mass is 32.2. The number of sulfonamides is 1. The lowest BCUT2D eigenvalue weighted by Crippen LogP contribution is -2.45. The topological polar surface area (TPSA) is 101 Å². The Labute approximate surface area is 119 Å². The molecular formula is C13H21N3O3S. The Balaban J connectivity index is 2.78. The average molecular weight is 299 g/mol. The van der Waals surface area contributed by atoms with Gasteiger partial charge in [-0.25, -0.2) is 13.1 Å². The molecule has 0 heterocycles. The van der Waals surface area contributed by atoms with E-state index in [9.17, 15) is 13.2 Å². The van der Waals surface area contributed by atoms with E-state index in [1.165, 1.54) is 6.07 Å². The van der Waals surface area contributed by atoms with Crippen molar-refractivity contribution in [2.45, 2.75) is 38.1 Å². The lowest BCUT2D eigenvalue weighted by Gasteiger charge is -2.20. The number of anilines is 1. The summed E-state index contributed by atoms with van der Waals surface area (Å²) in [6.45, 7) is 6.94. The van der Waals surface area contributed by atoms with Gasteiger partial charge in [-0.3, -0.25) is 4.79 Å². The number of carbonyl (C=O) groups excluding carboxylic acids is 1. The summed E-state index contributed by atoms with van der Waals surface area (Å²) in [5, 5.41) is 2.67. The lowest BCUT2D eigenvalue weighted by molar-refractivity contribution is -0.121. The van der Waals surface area contributed by atoms with Gasteiger partial charge in [0.25, 0.3) is 0 Å². The molecule has 0 saturated carbocycles. The highest BCUT2D eigenvalue weighted by molar-refractivity contribution is 7.89. The van der Waals surface area contributed by atoms with Crippen molar-refractivity contribution in [1.82, 2.24) is 10.0 Å². The maximum atomic E-state index is 12.1. The molecule has 0 radical (unpaired) electrons. The molecule has 6 nitrogen and oxygen atoms in total. The molecule has 0 unspecified atom stereocenters. The number of nitrogen functional groups attached to an aromatic ring is 1. The van der Waals surface area contributed by atoms with Crippen LogP contribution in [0, 0.1) is 6.92 Å². The van der Waals surface area contributed by atoms with Crippen LogP contribution in [-0.4, -0.2) is 26.4 Å². The fourth-order valence-electron chi connectivity index (χ4n) is 1.61. The van der Waals surface area contributed by atoms with E-state index in [0.29, 0.717) is 0 Å². The molecular weight excluding hydrogens is 278 g/mol. The monoisotopic (exact) mass is 299 g/mol. The van der Waals surface area contributed by atoms with Gasteiger partial charge in [-0.15, -0.1) is 0 Å². The van der Waals surface area contributed by atoms with Crippen LogP contribution in [-0.2, 0) is 14.8 Å². The van der Waals surface area contributed by atoms with Crippen molar-refractivity contribution in [2.75, 3.05) is 12.3 Å². The van der Waals surface area contributed by atoms with Crippen LogP contribution in [0.3, 0.4) is 0 Å². The van der Waals surface area contributed by atoms with Gasteiger partial charge in [-0.05, 0) is 45.4 Å². The van der Waals surface area contributed by atoms with Crippen LogP contribution >= 0.6 is 0 Å². The molecule has 20 heavy (non-hydrogen) atoms. The van der Waals surface area contributed by atoms with Gasteiger partial charge in [-0.2, -0.15) is 0 Å². The lowest BCUT2D eigenvalue weighted by atomic mass is 10.1. The largest absolute Gasteiger partial charge is 0.398 e. The molecule has 0 aliphatic carbocycles. The first-order valence-corrected chi connectivity index (χ1v) is 7.66. The zero-order valence-corrected chi connectivity index (χ0v) is 13.0. The van der Waals surface area contributed by atoms with Crippen LogP contribution in [0.2, 0.25) is 0 Å². The van der Waals surface area contributed by atoms with Gasteiger partial charge in [0, 0.05) is 5.54 Å². The Hall–Kier alpha value is -1.60. The minimum absolute atomic E-state index is 0.0216. The molecule has 0 bridgehead atoms.